The Balaban J connectivity index is 2.05. The van der Waals surface area contributed by atoms with Crippen LogP contribution in [0.3, 0.4) is 0 Å². The molecule has 1 atom stereocenters. The van der Waals surface area contributed by atoms with Crippen LogP contribution in [0.5, 0.6) is 0 Å². The molecule has 1 heterocycles. The molecule has 0 aromatic rings. The molecule has 6 nitrogen and oxygen atoms in total. The highest BCUT2D eigenvalue weighted by Crippen LogP contribution is 2.18. The van der Waals surface area contributed by atoms with E-state index in [4.69, 9.17) is 0 Å². The fraction of sp³-hybridized carbons (Fsp3) is 0.895. The predicted molar refractivity (Wildman–Crippen MR) is 104 cm³/mol. The Morgan fingerprint density at radius 1 is 1.16 bits per heavy atom. The van der Waals surface area contributed by atoms with Crippen molar-refractivity contribution in [2.75, 3.05) is 40.3 Å². The molecule has 0 aromatic heterocycles. The molecule has 1 aliphatic rings. The van der Waals surface area contributed by atoms with E-state index in [1.165, 1.54) is 39.3 Å². The van der Waals surface area contributed by atoms with Crippen molar-refractivity contribution in [3.05, 3.63) is 0 Å². The van der Waals surface area contributed by atoms with E-state index in [0.717, 1.165) is 57.3 Å². The fourth-order valence-corrected chi connectivity index (χ4v) is 3.41. The molecule has 25 heavy (non-hydrogen) atoms. The van der Waals surface area contributed by atoms with Crippen molar-refractivity contribution >= 4 is 11.9 Å². The number of methoxy groups -OCH3 is 1. The van der Waals surface area contributed by atoms with Gasteiger partial charge >= 0.3 is 5.97 Å². The van der Waals surface area contributed by atoms with E-state index in [0.29, 0.717) is 6.42 Å². The molecule has 0 bridgehead atoms. The Hall–Kier alpha value is -1.30. The topological polar surface area (TPSA) is 66.0 Å². The third-order valence-corrected chi connectivity index (χ3v) is 4.96. The lowest BCUT2D eigenvalue weighted by molar-refractivity contribution is -0.140. The number of nitrogens with zero attached hydrogens (tertiary/aromatic N) is 2. The van der Waals surface area contributed by atoms with Crippen LogP contribution in [0.1, 0.15) is 64.7 Å². The number of esters is 1. The van der Waals surface area contributed by atoms with Gasteiger partial charge in [0.1, 0.15) is 0 Å². The number of likely N-dealkylation sites (tertiary alicyclic amines) is 1. The highest BCUT2D eigenvalue weighted by atomic mass is 16.5. The quantitative estimate of drug-likeness (QED) is 0.258. The fourth-order valence-electron chi connectivity index (χ4n) is 3.41. The largest absolute Gasteiger partial charge is 0.469 e. The number of ether oxygens (including phenoxy) is 1. The van der Waals surface area contributed by atoms with Crippen molar-refractivity contribution in [1.29, 1.82) is 0 Å². The second-order valence-electron chi connectivity index (χ2n) is 6.76. The third-order valence-electron chi connectivity index (χ3n) is 4.96. The first kappa shape index (κ1) is 21.7. The number of carbonyl (C=O) groups excluding carboxylic acids is 1. The summed E-state index contributed by atoms with van der Waals surface area (Å²) in [4.78, 5) is 17.9. The molecule has 1 unspecified atom stereocenters. The van der Waals surface area contributed by atoms with Crippen LogP contribution in [-0.2, 0) is 9.53 Å². The molecular weight excluding hydrogens is 316 g/mol. The van der Waals surface area contributed by atoms with E-state index in [-0.39, 0.29) is 5.97 Å². The second-order valence-corrected chi connectivity index (χ2v) is 6.76. The lowest BCUT2D eigenvalue weighted by Crippen LogP contribution is -2.46. The predicted octanol–water partition coefficient (Wildman–Crippen LogP) is 2.54. The van der Waals surface area contributed by atoms with Crippen LogP contribution >= 0.6 is 0 Å². The minimum Gasteiger partial charge on any atom is -0.469 e. The maximum Gasteiger partial charge on any atom is 0.305 e. The zero-order valence-electron chi connectivity index (χ0n) is 16.5. The summed E-state index contributed by atoms with van der Waals surface area (Å²) in [5.74, 6) is 0.779. The standard InChI is InChI=1S/C19H38N4O2/c1-4-17-11-8-10-15-23(17)16-14-22-19(20-2)21-13-9-6-5-7-12-18(24)25-3/h17H,4-16H2,1-3H3,(H2,20,21,22). The number of aliphatic imine (C=N–C) groups is 1. The van der Waals surface area contributed by atoms with Gasteiger partial charge < -0.3 is 15.4 Å². The number of hydrogen-bond acceptors (Lipinski definition) is 4. The molecule has 0 radical (unpaired) electrons. The number of guanidine groups is 1. The molecular formula is C19H38N4O2. The van der Waals surface area contributed by atoms with E-state index in [1.807, 2.05) is 7.05 Å². The Labute approximate surface area is 153 Å². The molecule has 146 valence electrons. The summed E-state index contributed by atoms with van der Waals surface area (Å²) < 4.78 is 4.64. The van der Waals surface area contributed by atoms with Crippen molar-refractivity contribution in [3.8, 4) is 0 Å². The van der Waals surface area contributed by atoms with Crippen LogP contribution < -0.4 is 10.6 Å². The van der Waals surface area contributed by atoms with Gasteiger partial charge in [-0.1, -0.05) is 26.2 Å². The lowest BCUT2D eigenvalue weighted by atomic mass is 10.0. The van der Waals surface area contributed by atoms with Gasteiger partial charge in [-0.3, -0.25) is 14.7 Å². The molecule has 0 aliphatic carbocycles. The molecule has 0 aromatic carbocycles. The lowest BCUT2D eigenvalue weighted by Gasteiger charge is -2.35. The highest BCUT2D eigenvalue weighted by Gasteiger charge is 2.19. The average molecular weight is 355 g/mol. The molecule has 0 spiro atoms. The monoisotopic (exact) mass is 354 g/mol. The van der Waals surface area contributed by atoms with Gasteiger partial charge in [0.15, 0.2) is 5.96 Å². The highest BCUT2D eigenvalue weighted by molar-refractivity contribution is 5.79. The summed E-state index contributed by atoms with van der Waals surface area (Å²) in [5, 5.41) is 6.79. The van der Waals surface area contributed by atoms with Gasteiger partial charge in [-0.05, 0) is 38.6 Å². The molecule has 0 amide bonds. The van der Waals surface area contributed by atoms with Gasteiger partial charge in [-0.25, -0.2) is 0 Å². The number of nitrogens with one attached hydrogen (secondary N) is 2. The van der Waals surface area contributed by atoms with Gasteiger partial charge in [0.25, 0.3) is 0 Å². The minimum atomic E-state index is -0.109. The Morgan fingerprint density at radius 2 is 1.92 bits per heavy atom. The van der Waals surface area contributed by atoms with Gasteiger partial charge in [-0.2, -0.15) is 0 Å². The molecule has 6 heteroatoms. The number of piperidine rings is 1. The first-order valence-electron chi connectivity index (χ1n) is 9.96. The summed E-state index contributed by atoms with van der Waals surface area (Å²) in [6.07, 6.45) is 10.0. The molecule has 1 rings (SSSR count). The Bertz CT molecular complexity index is 388. The van der Waals surface area contributed by atoms with Gasteiger partial charge in [0, 0.05) is 39.1 Å². The summed E-state index contributed by atoms with van der Waals surface area (Å²) in [7, 11) is 3.26. The SMILES string of the molecule is CCC1CCCCN1CCNC(=NC)NCCCCCCC(=O)OC. The van der Waals surface area contributed by atoms with E-state index < -0.39 is 0 Å². The zero-order valence-corrected chi connectivity index (χ0v) is 16.5. The summed E-state index contributed by atoms with van der Waals surface area (Å²) in [5.41, 5.74) is 0. The van der Waals surface area contributed by atoms with Crippen LogP contribution in [-0.4, -0.2) is 63.2 Å². The summed E-state index contributed by atoms with van der Waals surface area (Å²) in [6, 6.07) is 0.760. The Morgan fingerprint density at radius 3 is 2.64 bits per heavy atom. The first-order valence-corrected chi connectivity index (χ1v) is 9.96. The van der Waals surface area contributed by atoms with Crippen LogP contribution in [0.15, 0.2) is 4.99 Å². The number of unbranched alkanes of at least 4 members (excludes halogenated alkanes) is 3. The summed E-state index contributed by atoms with van der Waals surface area (Å²) >= 11 is 0. The van der Waals surface area contributed by atoms with Crippen LogP contribution in [0.4, 0.5) is 0 Å². The minimum absolute atomic E-state index is 0.109. The normalized spacial score (nSPS) is 18.8. The number of carbonyl (C=O) groups is 1. The van der Waals surface area contributed by atoms with Crippen molar-refractivity contribution < 1.29 is 9.53 Å². The van der Waals surface area contributed by atoms with E-state index in [2.05, 4.69) is 32.2 Å². The second kappa shape index (κ2) is 13.9. The van der Waals surface area contributed by atoms with Crippen molar-refractivity contribution in [2.24, 2.45) is 4.99 Å². The van der Waals surface area contributed by atoms with Crippen LogP contribution in [0.25, 0.3) is 0 Å². The van der Waals surface area contributed by atoms with Gasteiger partial charge in [-0.15, -0.1) is 0 Å². The van der Waals surface area contributed by atoms with Crippen LogP contribution in [0, 0.1) is 0 Å². The van der Waals surface area contributed by atoms with Crippen molar-refractivity contribution in [3.63, 3.8) is 0 Å². The third kappa shape index (κ3) is 9.68. The average Bonchev–Trinajstić information content (AvgIpc) is 2.65. The maximum absolute atomic E-state index is 11.0. The first-order chi connectivity index (χ1) is 12.2. The van der Waals surface area contributed by atoms with E-state index >= 15 is 0 Å². The zero-order chi connectivity index (χ0) is 18.3. The van der Waals surface area contributed by atoms with Crippen LogP contribution in [0.2, 0.25) is 0 Å². The van der Waals surface area contributed by atoms with Gasteiger partial charge in [0.2, 0.25) is 0 Å². The maximum atomic E-state index is 11.0. The van der Waals surface area contributed by atoms with E-state index in [1.54, 1.807) is 0 Å². The molecule has 0 saturated carbocycles. The van der Waals surface area contributed by atoms with E-state index in [9.17, 15) is 4.79 Å². The molecule has 2 N–H and O–H groups in total. The van der Waals surface area contributed by atoms with Crippen molar-refractivity contribution in [2.45, 2.75) is 70.8 Å². The Kier molecular flexibility index (Phi) is 12.1. The molecule has 1 aliphatic heterocycles. The number of hydrogen-bond donors (Lipinski definition) is 2. The smallest absolute Gasteiger partial charge is 0.305 e. The molecule has 1 saturated heterocycles. The van der Waals surface area contributed by atoms with Gasteiger partial charge in [0.05, 0.1) is 7.11 Å². The number of rotatable bonds is 11. The summed E-state index contributed by atoms with van der Waals surface area (Å²) in [6.45, 7) is 6.47. The van der Waals surface area contributed by atoms with Crippen molar-refractivity contribution in [1.82, 2.24) is 15.5 Å². The molecule has 1 fully saturated rings.